The lowest BCUT2D eigenvalue weighted by atomic mass is 10.5. The summed E-state index contributed by atoms with van der Waals surface area (Å²) in [6.07, 6.45) is 2.53. The quantitative estimate of drug-likeness (QED) is 0.338. The highest BCUT2D eigenvalue weighted by molar-refractivity contribution is 7.99. The number of nitrogens with zero attached hydrogens (tertiary/aromatic N) is 6. The lowest BCUT2D eigenvalue weighted by Gasteiger charge is -2.04. The maximum Gasteiger partial charge on any atom is 0.345 e. The van der Waals surface area contributed by atoms with Crippen molar-refractivity contribution < 1.29 is 4.92 Å². The van der Waals surface area contributed by atoms with Gasteiger partial charge in [-0.2, -0.15) is 5.10 Å². The number of aromatic nitrogens is 5. The molecule has 2 aromatic rings. The van der Waals surface area contributed by atoms with E-state index in [0.717, 1.165) is 11.8 Å². The normalized spacial score (nSPS) is 10.3. The minimum atomic E-state index is -0.603. The first-order valence-corrected chi connectivity index (χ1v) is 5.43. The van der Waals surface area contributed by atoms with Gasteiger partial charge in [-0.3, -0.25) is 10.1 Å². The van der Waals surface area contributed by atoms with Crippen molar-refractivity contribution >= 4 is 23.3 Å². The summed E-state index contributed by atoms with van der Waals surface area (Å²) in [5.74, 6) is 5.12. The van der Waals surface area contributed by atoms with Crippen LogP contribution in [0.1, 0.15) is 0 Å². The first kappa shape index (κ1) is 12.2. The molecule has 0 spiro atoms. The molecule has 0 aliphatic carbocycles. The van der Waals surface area contributed by atoms with Gasteiger partial charge in [-0.15, -0.1) is 0 Å². The predicted octanol–water partition coefficient (Wildman–Crippen LogP) is -0.0499. The van der Waals surface area contributed by atoms with Gasteiger partial charge in [0.15, 0.2) is 10.2 Å². The molecule has 2 rings (SSSR count). The van der Waals surface area contributed by atoms with E-state index in [-0.39, 0.29) is 16.5 Å². The zero-order valence-electron chi connectivity index (χ0n) is 9.14. The van der Waals surface area contributed by atoms with Crippen molar-refractivity contribution in [3.05, 3.63) is 22.8 Å². The van der Waals surface area contributed by atoms with Crippen LogP contribution in [-0.4, -0.2) is 29.7 Å². The number of hydrogen-bond acceptors (Lipinski definition) is 9. The summed E-state index contributed by atoms with van der Waals surface area (Å²) in [5.41, 5.74) is 1.86. The molecule has 0 atom stereocenters. The molecule has 2 aromatic heterocycles. The van der Waals surface area contributed by atoms with Crippen LogP contribution < -0.4 is 11.3 Å². The van der Waals surface area contributed by atoms with Crippen LogP contribution in [0.15, 0.2) is 22.8 Å². The molecule has 0 saturated heterocycles. The largest absolute Gasteiger partial charge is 0.345 e. The molecule has 0 aliphatic rings. The Morgan fingerprint density at radius 1 is 1.44 bits per heavy atom. The first-order chi connectivity index (χ1) is 8.63. The Labute approximate surface area is 105 Å². The van der Waals surface area contributed by atoms with Gasteiger partial charge in [-0.05, 0) is 11.8 Å². The third kappa shape index (κ3) is 2.21. The summed E-state index contributed by atoms with van der Waals surface area (Å²) in [6, 6.07) is 0. The van der Waals surface area contributed by atoms with Gasteiger partial charge in [0.05, 0.1) is 4.92 Å². The average molecular weight is 268 g/mol. The predicted molar refractivity (Wildman–Crippen MR) is 61.6 cm³/mol. The number of anilines is 1. The second kappa shape index (κ2) is 4.93. The van der Waals surface area contributed by atoms with E-state index in [2.05, 4.69) is 25.5 Å². The zero-order chi connectivity index (χ0) is 13.1. The van der Waals surface area contributed by atoms with Gasteiger partial charge in [0, 0.05) is 7.05 Å². The van der Waals surface area contributed by atoms with Gasteiger partial charge < -0.3 is 5.43 Å². The highest BCUT2D eigenvalue weighted by Crippen LogP contribution is 2.34. The minimum Gasteiger partial charge on any atom is -0.303 e. The molecule has 0 unspecified atom stereocenters. The fourth-order valence-corrected chi connectivity index (χ4v) is 1.99. The summed E-state index contributed by atoms with van der Waals surface area (Å²) in [4.78, 5) is 21.9. The second-order valence-electron chi connectivity index (χ2n) is 3.05. The number of nitro groups is 1. The summed E-state index contributed by atoms with van der Waals surface area (Å²) in [7, 11) is 1.67. The Kier molecular flexibility index (Phi) is 3.34. The Bertz CT molecular complexity index is 585. The number of nitrogen functional groups attached to an aromatic ring is 1. The van der Waals surface area contributed by atoms with Crippen LogP contribution in [-0.2, 0) is 7.05 Å². The molecule has 0 fully saturated rings. The van der Waals surface area contributed by atoms with Crippen LogP contribution in [0.2, 0.25) is 0 Å². The van der Waals surface area contributed by atoms with Crippen molar-refractivity contribution in [2.75, 3.05) is 5.43 Å². The maximum atomic E-state index is 11.0. The molecule has 2 heterocycles. The molecule has 11 heteroatoms. The maximum absolute atomic E-state index is 11.0. The van der Waals surface area contributed by atoms with Crippen molar-refractivity contribution in [2.45, 2.75) is 10.2 Å². The van der Waals surface area contributed by atoms with Gasteiger partial charge in [0.1, 0.15) is 12.7 Å². The van der Waals surface area contributed by atoms with E-state index in [0.29, 0.717) is 5.16 Å². The summed E-state index contributed by atoms with van der Waals surface area (Å²) < 4.78 is 1.48. The monoisotopic (exact) mass is 268 g/mol. The molecule has 0 radical (unpaired) electrons. The highest BCUT2D eigenvalue weighted by atomic mass is 32.2. The van der Waals surface area contributed by atoms with E-state index in [1.165, 1.54) is 17.3 Å². The molecule has 18 heavy (non-hydrogen) atoms. The van der Waals surface area contributed by atoms with Crippen molar-refractivity contribution in [3.63, 3.8) is 0 Å². The fraction of sp³-hybridized carbons (Fsp3) is 0.143. The Balaban J connectivity index is 2.44. The van der Waals surface area contributed by atoms with E-state index >= 15 is 0 Å². The summed E-state index contributed by atoms with van der Waals surface area (Å²) >= 11 is 1.01. The average Bonchev–Trinajstić information content (AvgIpc) is 2.74. The van der Waals surface area contributed by atoms with Gasteiger partial charge >= 0.3 is 5.69 Å². The number of nitrogens with one attached hydrogen (secondary N) is 1. The van der Waals surface area contributed by atoms with Gasteiger partial charge in [-0.1, -0.05) is 0 Å². The van der Waals surface area contributed by atoms with E-state index in [9.17, 15) is 10.1 Å². The Morgan fingerprint density at radius 3 is 2.78 bits per heavy atom. The van der Waals surface area contributed by atoms with Gasteiger partial charge in [0.25, 0.3) is 0 Å². The van der Waals surface area contributed by atoms with Crippen molar-refractivity contribution in [1.29, 1.82) is 0 Å². The topological polar surface area (TPSA) is 138 Å². The molecule has 0 aliphatic heterocycles. The zero-order valence-corrected chi connectivity index (χ0v) is 9.96. The van der Waals surface area contributed by atoms with Crippen LogP contribution in [0.4, 0.5) is 11.5 Å². The molecule has 94 valence electrons. The second-order valence-corrected chi connectivity index (χ2v) is 4.00. The molecule has 0 bridgehead atoms. The Hall–Kier alpha value is -2.27. The van der Waals surface area contributed by atoms with Crippen molar-refractivity contribution in [2.24, 2.45) is 12.9 Å². The minimum absolute atomic E-state index is 0.0559. The summed E-state index contributed by atoms with van der Waals surface area (Å²) in [5, 5.41) is 15.5. The molecular formula is C7H8N8O2S. The SMILES string of the molecule is Cn1ncnc1Sc1ncnc(NN)c1[N+](=O)[O-]. The van der Waals surface area contributed by atoms with E-state index < -0.39 is 4.92 Å². The Morgan fingerprint density at radius 2 is 2.22 bits per heavy atom. The third-order valence-corrected chi connectivity index (χ3v) is 3.01. The lowest BCUT2D eigenvalue weighted by molar-refractivity contribution is -0.387. The number of hydrazine groups is 1. The molecule has 0 aromatic carbocycles. The molecular weight excluding hydrogens is 260 g/mol. The van der Waals surface area contributed by atoms with E-state index in [4.69, 9.17) is 5.84 Å². The van der Waals surface area contributed by atoms with E-state index in [1.54, 1.807) is 7.05 Å². The summed E-state index contributed by atoms with van der Waals surface area (Å²) in [6.45, 7) is 0. The highest BCUT2D eigenvalue weighted by Gasteiger charge is 2.24. The van der Waals surface area contributed by atoms with Crippen LogP contribution in [0, 0.1) is 10.1 Å². The molecule has 0 amide bonds. The van der Waals surface area contributed by atoms with Gasteiger partial charge in [0.2, 0.25) is 5.82 Å². The smallest absolute Gasteiger partial charge is 0.303 e. The first-order valence-electron chi connectivity index (χ1n) is 4.61. The standard InChI is InChI=1S/C7H8N8O2S/c1-14-7(11-3-12-14)18-6-4(15(16)17)5(13-8)9-2-10-6/h2-3H,8H2,1H3,(H,9,10,13). The van der Waals surface area contributed by atoms with Crippen LogP contribution >= 0.6 is 11.8 Å². The third-order valence-electron chi connectivity index (χ3n) is 1.97. The fourth-order valence-electron chi connectivity index (χ4n) is 1.17. The van der Waals surface area contributed by atoms with Crippen LogP contribution in [0.3, 0.4) is 0 Å². The number of rotatable bonds is 4. The molecule has 3 N–H and O–H groups in total. The molecule has 10 nitrogen and oxygen atoms in total. The number of hydrogen-bond donors (Lipinski definition) is 2. The van der Waals surface area contributed by atoms with Crippen molar-refractivity contribution in [3.8, 4) is 0 Å². The van der Waals surface area contributed by atoms with Gasteiger partial charge in [-0.25, -0.2) is 25.5 Å². The number of aryl methyl sites for hydroxylation is 1. The lowest BCUT2D eigenvalue weighted by Crippen LogP contribution is -2.12. The van der Waals surface area contributed by atoms with E-state index in [1.807, 2.05) is 0 Å². The molecule has 0 saturated carbocycles. The number of nitrogens with two attached hydrogens (primary N) is 1. The van der Waals surface area contributed by atoms with Crippen molar-refractivity contribution in [1.82, 2.24) is 24.7 Å². The van der Waals surface area contributed by atoms with Crippen LogP contribution in [0.25, 0.3) is 0 Å². The van der Waals surface area contributed by atoms with Crippen LogP contribution in [0.5, 0.6) is 0 Å².